The van der Waals surface area contributed by atoms with E-state index in [2.05, 4.69) is 4.90 Å². The second-order valence-corrected chi connectivity index (χ2v) is 6.85. The summed E-state index contributed by atoms with van der Waals surface area (Å²) in [6, 6.07) is 0.388. The Labute approximate surface area is 95.7 Å². The molecule has 2 heterocycles. The fraction of sp³-hybridized carbons (Fsp3) is 1.00. The van der Waals surface area contributed by atoms with E-state index >= 15 is 0 Å². The molecule has 15 heavy (non-hydrogen) atoms. The van der Waals surface area contributed by atoms with Crippen LogP contribution in [0.5, 0.6) is 0 Å². The Morgan fingerprint density at radius 3 is 2.27 bits per heavy atom. The second kappa shape index (κ2) is 4.57. The van der Waals surface area contributed by atoms with Gasteiger partial charge in [0.15, 0.2) is 0 Å². The summed E-state index contributed by atoms with van der Waals surface area (Å²) < 4.78 is 23.7. The van der Waals surface area contributed by atoms with Crippen LogP contribution >= 0.6 is 10.7 Å². The van der Waals surface area contributed by atoms with Gasteiger partial charge in [0.1, 0.15) is 0 Å². The lowest BCUT2D eigenvalue weighted by atomic mass is 10.1. The largest absolute Gasteiger partial charge is 0.299 e. The molecular weight excluding hydrogens is 236 g/mol. The summed E-state index contributed by atoms with van der Waals surface area (Å²) in [5.41, 5.74) is 0. The Morgan fingerprint density at radius 2 is 1.73 bits per heavy atom. The molecule has 4 nitrogen and oxygen atoms in total. The number of rotatable bonds is 2. The fourth-order valence-corrected chi connectivity index (χ4v) is 3.54. The van der Waals surface area contributed by atoms with Crippen LogP contribution in [0, 0.1) is 0 Å². The quantitative estimate of drug-likeness (QED) is 0.690. The van der Waals surface area contributed by atoms with Gasteiger partial charge in [-0.2, -0.15) is 12.7 Å². The van der Waals surface area contributed by atoms with E-state index in [1.54, 1.807) is 0 Å². The summed E-state index contributed by atoms with van der Waals surface area (Å²) in [5, 5.41) is 0. The van der Waals surface area contributed by atoms with E-state index < -0.39 is 9.24 Å². The Morgan fingerprint density at radius 1 is 1.07 bits per heavy atom. The Kier molecular flexibility index (Phi) is 3.55. The van der Waals surface area contributed by atoms with E-state index in [-0.39, 0.29) is 0 Å². The van der Waals surface area contributed by atoms with Gasteiger partial charge in [-0.15, -0.1) is 0 Å². The molecule has 0 N–H and O–H groups in total. The smallest absolute Gasteiger partial charge is 0.299 e. The van der Waals surface area contributed by atoms with Gasteiger partial charge in [-0.3, -0.25) is 4.90 Å². The van der Waals surface area contributed by atoms with Crippen LogP contribution < -0.4 is 0 Å². The first-order valence-electron chi connectivity index (χ1n) is 5.51. The van der Waals surface area contributed by atoms with Crippen LogP contribution in [0.4, 0.5) is 0 Å². The van der Waals surface area contributed by atoms with Crippen molar-refractivity contribution in [2.75, 3.05) is 26.2 Å². The lowest BCUT2D eigenvalue weighted by molar-refractivity contribution is 0.169. The number of hydrogen-bond acceptors (Lipinski definition) is 3. The number of piperidine rings is 1. The molecule has 0 aromatic heterocycles. The zero-order chi connectivity index (χ0) is 10.9. The summed E-state index contributed by atoms with van der Waals surface area (Å²) in [7, 11) is 1.83. The average Bonchev–Trinajstić information content (AvgIpc) is 2.67. The molecule has 1 unspecified atom stereocenters. The molecule has 2 fully saturated rings. The highest BCUT2D eigenvalue weighted by atomic mass is 35.7. The zero-order valence-corrected chi connectivity index (χ0v) is 10.3. The van der Waals surface area contributed by atoms with Crippen molar-refractivity contribution in [3.63, 3.8) is 0 Å². The van der Waals surface area contributed by atoms with Gasteiger partial charge in [0, 0.05) is 29.8 Å². The van der Waals surface area contributed by atoms with Gasteiger partial charge in [-0.25, -0.2) is 0 Å². The van der Waals surface area contributed by atoms with Crippen molar-refractivity contribution in [1.29, 1.82) is 0 Å². The third-order valence-corrected chi connectivity index (χ3v) is 4.88. The van der Waals surface area contributed by atoms with Crippen molar-refractivity contribution in [3.05, 3.63) is 0 Å². The summed E-state index contributed by atoms with van der Waals surface area (Å²) in [6.07, 6.45) is 4.71. The third kappa shape index (κ3) is 2.84. The number of halogens is 1. The molecule has 0 saturated carbocycles. The standard InChI is InChI=1S/C9H17ClN2O2S/c10-15(13,14)12-7-4-9(8-12)11-5-2-1-3-6-11/h9H,1-8H2. The molecule has 2 rings (SSSR count). The number of likely N-dealkylation sites (tertiary alicyclic amines) is 1. The molecule has 2 saturated heterocycles. The highest BCUT2D eigenvalue weighted by molar-refractivity contribution is 8.11. The van der Waals surface area contributed by atoms with Crippen molar-refractivity contribution in [3.8, 4) is 0 Å². The first-order chi connectivity index (χ1) is 7.07. The molecule has 0 radical (unpaired) electrons. The average molecular weight is 253 g/mol. The fourth-order valence-electron chi connectivity index (χ4n) is 2.49. The van der Waals surface area contributed by atoms with Crippen LogP contribution in [0.15, 0.2) is 0 Å². The highest BCUT2D eigenvalue weighted by Gasteiger charge is 2.33. The van der Waals surface area contributed by atoms with Crippen molar-refractivity contribution < 1.29 is 8.42 Å². The normalized spacial score (nSPS) is 30.9. The van der Waals surface area contributed by atoms with Gasteiger partial charge in [-0.1, -0.05) is 6.42 Å². The molecule has 2 aliphatic heterocycles. The van der Waals surface area contributed by atoms with Crippen LogP contribution in [0.25, 0.3) is 0 Å². The van der Waals surface area contributed by atoms with E-state index in [1.165, 1.54) is 23.6 Å². The molecule has 88 valence electrons. The van der Waals surface area contributed by atoms with Crippen molar-refractivity contribution in [2.45, 2.75) is 31.7 Å². The minimum absolute atomic E-state index is 0.388. The van der Waals surface area contributed by atoms with Crippen molar-refractivity contribution in [2.24, 2.45) is 0 Å². The Hall–Kier alpha value is 0.160. The predicted octanol–water partition coefficient (Wildman–Crippen LogP) is 1.03. The first-order valence-corrected chi connectivity index (χ1v) is 7.78. The van der Waals surface area contributed by atoms with Crippen LogP contribution in [0.3, 0.4) is 0 Å². The summed E-state index contributed by atoms with van der Waals surface area (Å²) in [4.78, 5) is 2.41. The maximum Gasteiger partial charge on any atom is 0.299 e. The minimum Gasteiger partial charge on any atom is -0.299 e. The molecular formula is C9H17ClN2O2S. The Balaban J connectivity index is 1.92. The summed E-state index contributed by atoms with van der Waals surface area (Å²) >= 11 is 0. The lowest BCUT2D eigenvalue weighted by Gasteiger charge is -2.31. The summed E-state index contributed by atoms with van der Waals surface area (Å²) in [6.45, 7) is 3.38. The van der Waals surface area contributed by atoms with Gasteiger partial charge in [0.25, 0.3) is 9.24 Å². The van der Waals surface area contributed by atoms with E-state index in [4.69, 9.17) is 10.7 Å². The molecule has 0 aliphatic carbocycles. The van der Waals surface area contributed by atoms with Crippen LogP contribution in [0.2, 0.25) is 0 Å². The van der Waals surface area contributed by atoms with Gasteiger partial charge >= 0.3 is 0 Å². The molecule has 0 amide bonds. The number of nitrogens with zero attached hydrogens (tertiary/aromatic N) is 2. The van der Waals surface area contributed by atoms with E-state index in [1.807, 2.05) is 0 Å². The summed E-state index contributed by atoms with van der Waals surface area (Å²) in [5.74, 6) is 0. The first kappa shape index (κ1) is 11.6. The molecule has 0 aromatic rings. The third-order valence-electron chi connectivity index (χ3n) is 3.34. The van der Waals surface area contributed by atoms with Crippen molar-refractivity contribution in [1.82, 2.24) is 9.21 Å². The number of hydrogen-bond donors (Lipinski definition) is 0. The molecule has 1 atom stereocenters. The van der Waals surface area contributed by atoms with Gasteiger partial charge in [0.05, 0.1) is 0 Å². The minimum atomic E-state index is -3.50. The monoisotopic (exact) mass is 252 g/mol. The van der Waals surface area contributed by atoms with Crippen LogP contribution in [-0.2, 0) is 9.24 Å². The van der Waals surface area contributed by atoms with Gasteiger partial charge < -0.3 is 0 Å². The van der Waals surface area contributed by atoms with Crippen LogP contribution in [0.1, 0.15) is 25.7 Å². The molecule has 0 aromatic carbocycles. The molecule has 2 aliphatic rings. The molecule has 0 bridgehead atoms. The molecule has 0 spiro atoms. The van der Waals surface area contributed by atoms with Crippen LogP contribution in [-0.4, -0.2) is 49.8 Å². The zero-order valence-electron chi connectivity index (χ0n) is 8.73. The van der Waals surface area contributed by atoms with E-state index in [9.17, 15) is 8.42 Å². The SMILES string of the molecule is O=S(=O)(Cl)N1CCC(N2CCCCC2)C1. The van der Waals surface area contributed by atoms with E-state index in [0.717, 1.165) is 19.5 Å². The molecule has 6 heteroatoms. The highest BCUT2D eigenvalue weighted by Crippen LogP contribution is 2.23. The van der Waals surface area contributed by atoms with Gasteiger partial charge in [-0.05, 0) is 32.4 Å². The lowest BCUT2D eigenvalue weighted by Crippen LogP contribution is -2.41. The second-order valence-electron chi connectivity index (χ2n) is 4.34. The van der Waals surface area contributed by atoms with E-state index in [0.29, 0.717) is 19.1 Å². The van der Waals surface area contributed by atoms with Gasteiger partial charge in [0.2, 0.25) is 0 Å². The predicted molar refractivity (Wildman–Crippen MR) is 60.2 cm³/mol. The Bertz CT molecular complexity index is 314. The van der Waals surface area contributed by atoms with Crippen molar-refractivity contribution >= 4 is 19.9 Å². The maximum absolute atomic E-state index is 11.1. The topological polar surface area (TPSA) is 40.6 Å². The maximum atomic E-state index is 11.1.